The van der Waals surface area contributed by atoms with Crippen molar-refractivity contribution in [1.82, 2.24) is 0 Å². The average molecular weight is 688 g/mol. The zero-order chi connectivity index (χ0) is 34.8. The molecule has 0 saturated carbocycles. The van der Waals surface area contributed by atoms with Gasteiger partial charge in [0.2, 0.25) is 0 Å². The Morgan fingerprint density at radius 3 is 2.07 bits per heavy atom. The number of hydrogen-bond donors (Lipinski definition) is 1. The van der Waals surface area contributed by atoms with E-state index in [9.17, 15) is 59.2 Å². The number of halogens is 10. The number of alkyl halides is 9. The van der Waals surface area contributed by atoms with Crippen molar-refractivity contribution >= 4 is 40.5 Å². The van der Waals surface area contributed by atoms with E-state index < -0.39 is 69.0 Å². The molecule has 0 aromatic heterocycles. The molecule has 9 nitrogen and oxygen atoms in total. The van der Waals surface area contributed by atoms with E-state index in [1.807, 2.05) is 5.32 Å². The molecule has 0 spiro atoms. The number of methoxy groups -OCH3 is 1. The molecule has 0 aliphatic heterocycles. The van der Waals surface area contributed by atoms with E-state index in [4.69, 9.17) is 16.3 Å². The van der Waals surface area contributed by atoms with Crippen molar-refractivity contribution in [2.45, 2.75) is 31.6 Å². The highest BCUT2D eigenvalue weighted by Gasteiger charge is 2.73. The summed E-state index contributed by atoms with van der Waals surface area (Å²) in [6, 6.07) is 7.67. The fourth-order valence-corrected chi connectivity index (χ4v) is 4.45. The standard InChI is InChI=1S/C27H19ClF9N3O6/c1-3-39(23(42)13-7-9-15(10-8-13)40(43)44)18-6-4-5-16(21(18)45-2)22(41)38-20-17(28)11-14(12-19(20)46-24(29)30)25(31,26(32,33)34)27(35,36)37/h4-12,24H,3H2,1-2H3,(H,38,41). The molecule has 0 unspecified atom stereocenters. The molecule has 46 heavy (non-hydrogen) atoms. The number of carbonyl (C=O) groups excluding carboxylic acids is 2. The summed E-state index contributed by atoms with van der Waals surface area (Å²) < 4.78 is 130. The highest BCUT2D eigenvalue weighted by Crippen LogP contribution is 2.55. The molecule has 1 N–H and O–H groups in total. The molecule has 0 bridgehead atoms. The number of nitrogens with zero attached hydrogens (tertiary/aromatic N) is 2. The highest BCUT2D eigenvalue weighted by molar-refractivity contribution is 6.34. The molecule has 0 fully saturated rings. The molecule has 0 saturated heterocycles. The molecule has 3 aromatic carbocycles. The minimum absolute atomic E-state index is 0.00771. The first kappa shape index (κ1) is 35.7. The third-order valence-electron chi connectivity index (χ3n) is 6.31. The van der Waals surface area contributed by atoms with Crippen molar-refractivity contribution in [3.05, 3.63) is 86.4 Å². The Hall–Kier alpha value is -4.74. The van der Waals surface area contributed by atoms with Gasteiger partial charge in [0.15, 0.2) is 11.5 Å². The summed E-state index contributed by atoms with van der Waals surface area (Å²) in [6.07, 6.45) is -13.2. The molecule has 19 heteroatoms. The van der Waals surface area contributed by atoms with Crippen LogP contribution in [-0.2, 0) is 5.67 Å². The maximum absolute atomic E-state index is 14.7. The molecular formula is C27H19ClF9N3O6. The number of carbonyl (C=O) groups is 2. The lowest BCUT2D eigenvalue weighted by molar-refractivity contribution is -0.384. The number of para-hydroxylation sites is 1. The second kappa shape index (κ2) is 13.3. The number of anilines is 2. The van der Waals surface area contributed by atoms with Crippen LogP contribution in [0.15, 0.2) is 54.6 Å². The van der Waals surface area contributed by atoms with Gasteiger partial charge in [0.05, 0.1) is 28.3 Å². The number of ether oxygens (including phenoxy) is 2. The maximum Gasteiger partial charge on any atom is 0.435 e. The monoisotopic (exact) mass is 687 g/mol. The number of rotatable bonds is 10. The van der Waals surface area contributed by atoms with Crippen LogP contribution in [0.25, 0.3) is 0 Å². The largest absolute Gasteiger partial charge is 0.494 e. The summed E-state index contributed by atoms with van der Waals surface area (Å²) in [6.45, 7) is -2.41. The average Bonchev–Trinajstić information content (AvgIpc) is 2.96. The molecule has 0 aliphatic carbocycles. The van der Waals surface area contributed by atoms with Gasteiger partial charge in [-0.05, 0) is 43.3 Å². The van der Waals surface area contributed by atoms with Crippen molar-refractivity contribution < 1.29 is 63.5 Å². The quantitative estimate of drug-likeness (QED) is 0.131. The van der Waals surface area contributed by atoms with Crippen LogP contribution < -0.4 is 19.7 Å². The lowest BCUT2D eigenvalue weighted by Gasteiger charge is -2.31. The maximum atomic E-state index is 14.7. The van der Waals surface area contributed by atoms with Gasteiger partial charge in [0.25, 0.3) is 17.5 Å². The van der Waals surface area contributed by atoms with Crippen LogP contribution >= 0.6 is 11.6 Å². The number of non-ortho nitro benzene ring substituents is 1. The Balaban J connectivity index is 2.09. The number of nitrogens with one attached hydrogen (secondary N) is 1. The van der Waals surface area contributed by atoms with Crippen LogP contribution in [0.3, 0.4) is 0 Å². The van der Waals surface area contributed by atoms with Gasteiger partial charge in [-0.25, -0.2) is 4.39 Å². The van der Waals surface area contributed by atoms with Gasteiger partial charge in [-0.2, -0.15) is 35.1 Å². The lowest BCUT2D eigenvalue weighted by atomic mass is 9.93. The van der Waals surface area contributed by atoms with Gasteiger partial charge < -0.3 is 19.7 Å². The normalized spacial score (nSPS) is 12.1. The van der Waals surface area contributed by atoms with E-state index in [1.54, 1.807) is 0 Å². The Morgan fingerprint density at radius 2 is 1.59 bits per heavy atom. The summed E-state index contributed by atoms with van der Waals surface area (Å²) in [5.41, 5.74) is -10.2. The van der Waals surface area contributed by atoms with Crippen LogP contribution in [0, 0.1) is 10.1 Å². The van der Waals surface area contributed by atoms with E-state index in [1.165, 1.54) is 31.2 Å². The van der Waals surface area contributed by atoms with E-state index >= 15 is 0 Å². The minimum atomic E-state index is -6.62. The van der Waals surface area contributed by atoms with Crippen LogP contribution in [0.1, 0.15) is 33.2 Å². The number of benzene rings is 3. The van der Waals surface area contributed by atoms with E-state index in [2.05, 4.69) is 4.74 Å². The Labute approximate surface area is 257 Å². The van der Waals surface area contributed by atoms with Crippen LogP contribution in [0.5, 0.6) is 11.5 Å². The molecule has 0 atom stereocenters. The third-order valence-corrected chi connectivity index (χ3v) is 6.61. The van der Waals surface area contributed by atoms with E-state index in [-0.39, 0.29) is 41.4 Å². The zero-order valence-electron chi connectivity index (χ0n) is 23.1. The van der Waals surface area contributed by atoms with Gasteiger partial charge in [-0.15, -0.1) is 0 Å². The van der Waals surface area contributed by atoms with E-state index in [0.717, 1.165) is 30.2 Å². The Bertz CT molecular complexity index is 1620. The molecular weight excluding hydrogens is 669 g/mol. The molecule has 3 aromatic rings. The predicted molar refractivity (Wildman–Crippen MR) is 144 cm³/mol. The molecule has 2 amide bonds. The number of nitro groups is 1. The zero-order valence-corrected chi connectivity index (χ0v) is 23.9. The number of nitro benzene ring substituents is 1. The first-order valence-corrected chi connectivity index (χ1v) is 12.8. The van der Waals surface area contributed by atoms with Crippen molar-refractivity contribution in [3.8, 4) is 11.5 Å². The van der Waals surface area contributed by atoms with Gasteiger partial charge in [0, 0.05) is 29.8 Å². The van der Waals surface area contributed by atoms with Crippen molar-refractivity contribution in [2.75, 3.05) is 23.9 Å². The SMILES string of the molecule is CCN(C(=O)c1ccc([N+](=O)[O-])cc1)c1cccc(C(=O)Nc2c(Cl)cc(C(F)(C(F)(F)F)C(F)(F)F)cc2OC(F)F)c1OC. The smallest absolute Gasteiger partial charge is 0.435 e. The second-order valence-electron chi connectivity index (χ2n) is 9.03. The van der Waals surface area contributed by atoms with Gasteiger partial charge in [-0.3, -0.25) is 19.7 Å². The van der Waals surface area contributed by atoms with Crippen LogP contribution in [0.2, 0.25) is 5.02 Å². The van der Waals surface area contributed by atoms with E-state index in [0.29, 0.717) is 0 Å². The predicted octanol–water partition coefficient (Wildman–Crippen LogP) is 8.07. The highest BCUT2D eigenvalue weighted by atomic mass is 35.5. The van der Waals surface area contributed by atoms with Crippen LogP contribution in [-0.4, -0.2) is 49.4 Å². The first-order chi connectivity index (χ1) is 21.3. The summed E-state index contributed by atoms with van der Waals surface area (Å²) in [5.74, 6) is -3.86. The summed E-state index contributed by atoms with van der Waals surface area (Å²) in [5, 5.41) is 11.6. The number of hydrogen-bond acceptors (Lipinski definition) is 6. The molecule has 0 heterocycles. The first-order valence-electron chi connectivity index (χ1n) is 12.4. The second-order valence-corrected chi connectivity index (χ2v) is 9.44. The summed E-state index contributed by atoms with van der Waals surface area (Å²) in [4.78, 5) is 37.9. The molecule has 0 aliphatic rings. The fourth-order valence-electron chi connectivity index (χ4n) is 4.20. The van der Waals surface area contributed by atoms with Crippen molar-refractivity contribution in [3.63, 3.8) is 0 Å². The van der Waals surface area contributed by atoms with Gasteiger partial charge >= 0.3 is 24.6 Å². The van der Waals surface area contributed by atoms with Crippen molar-refractivity contribution in [1.29, 1.82) is 0 Å². The van der Waals surface area contributed by atoms with Crippen LogP contribution in [0.4, 0.5) is 56.6 Å². The van der Waals surface area contributed by atoms with Gasteiger partial charge in [-0.1, -0.05) is 17.7 Å². The Kier molecular flexibility index (Phi) is 10.3. The van der Waals surface area contributed by atoms with Gasteiger partial charge in [0.1, 0.15) is 5.69 Å². The topological polar surface area (TPSA) is 111 Å². The Morgan fingerprint density at radius 1 is 1.00 bits per heavy atom. The van der Waals surface area contributed by atoms with Crippen molar-refractivity contribution in [2.24, 2.45) is 0 Å². The fraction of sp³-hybridized carbons (Fsp3) is 0.259. The molecule has 3 rings (SSSR count). The lowest BCUT2D eigenvalue weighted by Crippen LogP contribution is -2.50. The number of amides is 2. The third kappa shape index (κ3) is 6.90. The molecule has 0 radical (unpaired) electrons. The summed E-state index contributed by atoms with van der Waals surface area (Å²) >= 11 is 5.81. The minimum Gasteiger partial charge on any atom is -0.494 e. The summed E-state index contributed by atoms with van der Waals surface area (Å²) in [7, 11) is 1.07. The molecule has 248 valence electrons.